The number of hydrogen-bond donors (Lipinski definition) is 2. The molecule has 0 fully saturated rings. The molecule has 0 saturated heterocycles. The van der Waals surface area contributed by atoms with Crippen LogP contribution in [0.2, 0.25) is 0 Å². The standard InChI is InChI=1S/C15H20N4O2S/c1-15(2,3)13(20)18-12-5-7-17-9-11(12)10-19(14(21)22)8-4-6-16/h5,7,9H,4,8,10H2,1-3H3,(H,21,22)(H,17,18,20). The first-order chi connectivity index (χ1) is 10.3. The van der Waals surface area contributed by atoms with Crippen molar-refractivity contribution in [3.8, 4) is 6.07 Å². The molecular formula is C15H20N4O2S. The van der Waals surface area contributed by atoms with E-state index in [1.165, 1.54) is 4.90 Å². The molecule has 0 atom stereocenters. The molecule has 1 heterocycles. The molecule has 0 aliphatic heterocycles. The van der Waals surface area contributed by atoms with E-state index >= 15 is 0 Å². The van der Waals surface area contributed by atoms with Gasteiger partial charge in [-0.15, -0.1) is 0 Å². The summed E-state index contributed by atoms with van der Waals surface area (Å²) < 4.78 is 0. The number of rotatable bonds is 5. The topological polar surface area (TPSA) is 86.1 Å². The molecule has 1 rings (SSSR count). The highest BCUT2D eigenvalue weighted by molar-refractivity contribution is 7.96. The van der Waals surface area contributed by atoms with Gasteiger partial charge in [-0.05, 0) is 6.07 Å². The summed E-state index contributed by atoms with van der Waals surface area (Å²) in [6.07, 6.45) is 3.38. The first-order valence-corrected chi connectivity index (χ1v) is 7.29. The predicted octanol–water partition coefficient (Wildman–Crippen LogP) is 2.83. The van der Waals surface area contributed by atoms with Gasteiger partial charge in [0.25, 0.3) is 5.24 Å². The van der Waals surface area contributed by atoms with Crippen molar-refractivity contribution in [3.05, 3.63) is 24.0 Å². The highest BCUT2D eigenvalue weighted by atomic mass is 32.1. The number of amides is 2. The van der Waals surface area contributed by atoms with Crippen LogP contribution in [0.25, 0.3) is 0 Å². The van der Waals surface area contributed by atoms with Gasteiger partial charge in [0.1, 0.15) is 0 Å². The smallest absolute Gasteiger partial charge is 0.278 e. The van der Waals surface area contributed by atoms with Crippen LogP contribution in [0.15, 0.2) is 18.5 Å². The minimum atomic E-state index is -0.527. The van der Waals surface area contributed by atoms with E-state index in [1.807, 2.05) is 26.8 Å². The van der Waals surface area contributed by atoms with Crippen molar-refractivity contribution in [1.82, 2.24) is 9.88 Å². The van der Waals surface area contributed by atoms with E-state index in [4.69, 9.17) is 5.26 Å². The van der Waals surface area contributed by atoms with E-state index in [1.54, 1.807) is 18.5 Å². The molecule has 0 radical (unpaired) electrons. The largest absolute Gasteiger partial charge is 0.328 e. The number of aromatic nitrogens is 1. The summed E-state index contributed by atoms with van der Waals surface area (Å²) in [6.45, 7) is 5.97. The van der Waals surface area contributed by atoms with Gasteiger partial charge in [-0.1, -0.05) is 33.4 Å². The predicted molar refractivity (Wildman–Crippen MR) is 87.3 cm³/mol. The molecule has 0 unspecified atom stereocenters. The van der Waals surface area contributed by atoms with Gasteiger partial charge in [0, 0.05) is 35.6 Å². The lowest BCUT2D eigenvalue weighted by Crippen LogP contribution is -2.30. The minimum absolute atomic E-state index is 0.124. The number of nitrogens with zero attached hydrogens (tertiary/aromatic N) is 3. The molecule has 0 saturated carbocycles. The third-order valence-corrected chi connectivity index (χ3v) is 3.24. The Labute approximate surface area is 135 Å². The summed E-state index contributed by atoms with van der Waals surface area (Å²) in [4.78, 5) is 29.1. The Morgan fingerprint density at radius 1 is 1.45 bits per heavy atom. The van der Waals surface area contributed by atoms with Gasteiger partial charge in [0.15, 0.2) is 0 Å². The fraction of sp³-hybridized carbons (Fsp3) is 0.467. The zero-order valence-corrected chi connectivity index (χ0v) is 13.9. The molecule has 1 aromatic rings. The summed E-state index contributed by atoms with van der Waals surface area (Å²) in [5, 5.41) is 11.1. The Morgan fingerprint density at radius 2 is 2.14 bits per heavy atom. The normalized spacial score (nSPS) is 10.7. The van der Waals surface area contributed by atoms with Crippen molar-refractivity contribution < 1.29 is 9.59 Å². The number of pyridine rings is 1. The minimum Gasteiger partial charge on any atom is -0.328 e. The Hall–Kier alpha value is -2.07. The number of nitriles is 1. The van der Waals surface area contributed by atoms with E-state index in [0.29, 0.717) is 11.3 Å². The number of carbonyl (C=O) groups excluding carboxylic acids is 2. The third-order valence-electron chi connectivity index (χ3n) is 2.96. The van der Waals surface area contributed by atoms with Crippen molar-refractivity contribution in [2.24, 2.45) is 5.41 Å². The highest BCUT2D eigenvalue weighted by Gasteiger charge is 2.22. The van der Waals surface area contributed by atoms with Gasteiger partial charge in [-0.2, -0.15) is 5.26 Å². The number of nitrogens with one attached hydrogen (secondary N) is 1. The number of anilines is 1. The van der Waals surface area contributed by atoms with Crippen molar-refractivity contribution >= 4 is 29.5 Å². The molecule has 7 heteroatoms. The van der Waals surface area contributed by atoms with Crippen LogP contribution in [0.3, 0.4) is 0 Å². The molecule has 0 bridgehead atoms. The first kappa shape index (κ1) is 18.0. The summed E-state index contributed by atoms with van der Waals surface area (Å²) in [5.74, 6) is -0.124. The van der Waals surface area contributed by atoms with Crippen LogP contribution in [0.1, 0.15) is 32.8 Å². The second-order valence-electron chi connectivity index (χ2n) is 5.85. The molecule has 2 amide bonds. The van der Waals surface area contributed by atoms with E-state index in [9.17, 15) is 9.59 Å². The summed E-state index contributed by atoms with van der Waals surface area (Å²) >= 11 is 3.82. The van der Waals surface area contributed by atoms with Crippen LogP contribution in [-0.4, -0.2) is 27.6 Å². The molecule has 0 aromatic carbocycles. The van der Waals surface area contributed by atoms with Crippen molar-refractivity contribution in [3.63, 3.8) is 0 Å². The zero-order valence-electron chi connectivity index (χ0n) is 13.0. The molecule has 1 N–H and O–H groups in total. The summed E-state index contributed by atoms with van der Waals surface area (Å²) in [5.41, 5.74) is 0.771. The lowest BCUT2D eigenvalue weighted by atomic mass is 9.95. The fourth-order valence-electron chi connectivity index (χ4n) is 1.62. The Balaban J connectivity index is 2.93. The quantitative estimate of drug-likeness (QED) is 0.817. The number of thiol groups is 1. The van der Waals surface area contributed by atoms with Gasteiger partial charge in [-0.25, -0.2) is 0 Å². The maximum Gasteiger partial charge on any atom is 0.278 e. The van der Waals surface area contributed by atoms with Crippen LogP contribution in [-0.2, 0) is 11.3 Å². The lowest BCUT2D eigenvalue weighted by Gasteiger charge is -2.22. The maximum atomic E-state index is 12.1. The number of carbonyl (C=O) groups is 2. The fourth-order valence-corrected chi connectivity index (χ4v) is 1.79. The van der Waals surface area contributed by atoms with E-state index in [-0.39, 0.29) is 25.4 Å². The molecule has 22 heavy (non-hydrogen) atoms. The van der Waals surface area contributed by atoms with Crippen LogP contribution in [0.5, 0.6) is 0 Å². The summed E-state index contributed by atoms with van der Waals surface area (Å²) in [6, 6.07) is 3.68. The van der Waals surface area contributed by atoms with Gasteiger partial charge in [0.05, 0.1) is 19.0 Å². The second kappa shape index (κ2) is 7.80. The average molecular weight is 320 g/mol. The van der Waals surface area contributed by atoms with Crippen LogP contribution in [0.4, 0.5) is 10.5 Å². The highest BCUT2D eigenvalue weighted by Crippen LogP contribution is 2.21. The molecule has 118 valence electrons. The van der Waals surface area contributed by atoms with Gasteiger partial charge >= 0.3 is 0 Å². The van der Waals surface area contributed by atoms with Gasteiger partial charge in [0.2, 0.25) is 5.91 Å². The Bertz CT molecular complexity index is 590. The van der Waals surface area contributed by atoms with E-state index < -0.39 is 10.7 Å². The lowest BCUT2D eigenvalue weighted by molar-refractivity contribution is -0.123. The molecular weight excluding hydrogens is 300 g/mol. The molecule has 0 spiro atoms. The monoisotopic (exact) mass is 320 g/mol. The third kappa shape index (κ3) is 5.37. The molecule has 0 aliphatic carbocycles. The van der Waals surface area contributed by atoms with Crippen LogP contribution >= 0.6 is 12.6 Å². The van der Waals surface area contributed by atoms with E-state index in [0.717, 1.165) is 0 Å². The molecule has 6 nitrogen and oxygen atoms in total. The Kier molecular flexibility index (Phi) is 6.38. The van der Waals surface area contributed by atoms with Gasteiger partial charge < -0.3 is 10.2 Å². The van der Waals surface area contributed by atoms with Crippen molar-refractivity contribution in [2.45, 2.75) is 33.7 Å². The molecule has 0 aliphatic rings. The maximum absolute atomic E-state index is 12.1. The SMILES string of the molecule is CC(C)(C)C(=O)Nc1ccncc1CN(CCC#N)C(=O)S. The van der Waals surface area contributed by atoms with Crippen LogP contribution in [0, 0.1) is 16.7 Å². The average Bonchev–Trinajstić information content (AvgIpc) is 2.43. The second-order valence-corrected chi connectivity index (χ2v) is 6.23. The molecule has 1 aromatic heterocycles. The van der Waals surface area contributed by atoms with Crippen molar-refractivity contribution in [1.29, 1.82) is 5.26 Å². The summed E-state index contributed by atoms with van der Waals surface area (Å²) in [7, 11) is 0. The van der Waals surface area contributed by atoms with E-state index in [2.05, 4.69) is 22.9 Å². The van der Waals surface area contributed by atoms with Gasteiger partial charge in [-0.3, -0.25) is 14.6 Å². The van der Waals surface area contributed by atoms with Crippen LogP contribution < -0.4 is 5.32 Å². The number of hydrogen-bond acceptors (Lipinski definition) is 4. The first-order valence-electron chi connectivity index (χ1n) is 6.85. The van der Waals surface area contributed by atoms with Crippen molar-refractivity contribution in [2.75, 3.05) is 11.9 Å². The zero-order chi connectivity index (χ0) is 16.8. The Morgan fingerprint density at radius 3 is 2.68 bits per heavy atom.